The third-order valence-corrected chi connectivity index (χ3v) is 5.17. The summed E-state index contributed by atoms with van der Waals surface area (Å²) in [4.78, 5) is 14.9. The zero-order chi connectivity index (χ0) is 18.4. The Kier molecular flexibility index (Phi) is 6.48. The normalized spacial score (nSPS) is 20.5. The summed E-state index contributed by atoms with van der Waals surface area (Å²) in [6.45, 7) is 5.72. The van der Waals surface area contributed by atoms with Crippen LogP contribution in [0.15, 0.2) is 67.3 Å². The number of likely N-dealkylation sites (tertiary alicyclic amines) is 1. The first-order chi connectivity index (χ1) is 12.7. The summed E-state index contributed by atoms with van der Waals surface area (Å²) in [6, 6.07) is 18.8. The van der Waals surface area contributed by atoms with Gasteiger partial charge in [-0.2, -0.15) is 0 Å². The molecule has 0 aliphatic carbocycles. The van der Waals surface area contributed by atoms with Gasteiger partial charge in [-0.15, -0.1) is 6.58 Å². The molecule has 1 fully saturated rings. The van der Waals surface area contributed by atoms with E-state index in [1.807, 2.05) is 24.3 Å². The summed E-state index contributed by atoms with van der Waals surface area (Å²) in [7, 11) is 0. The second-order valence-electron chi connectivity index (χ2n) is 6.79. The number of nitrogens with zero attached hydrogens (tertiary/aromatic N) is 1. The Morgan fingerprint density at radius 1 is 1.19 bits per heavy atom. The van der Waals surface area contributed by atoms with Crippen molar-refractivity contribution < 1.29 is 4.79 Å². The summed E-state index contributed by atoms with van der Waals surface area (Å²) in [5.41, 5.74) is 2.48. The monoisotopic (exact) mass is 368 g/mol. The topological polar surface area (TPSA) is 32.3 Å². The van der Waals surface area contributed by atoms with Crippen LogP contribution in [0.3, 0.4) is 0 Å². The Morgan fingerprint density at radius 3 is 2.73 bits per heavy atom. The highest BCUT2D eigenvalue weighted by atomic mass is 35.5. The van der Waals surface area contributed by atoms with Crippen LogP contribution in [0.1, 0.15) is 30.0 Å². The molecule has 4 heteroatoms. The quantitative estimate of drug-likeness (QED) is 0.756. The number of carbonyl (C=O) groups is 1. The highest BCUT2D eigenvalue weighted by Gasteiger charge is 2.32. The predicted octanol–water partition coefficient (Wildman–Crippen LogP) is 4.60. The van der Waals surface area contributed by atoms with Gasteiger partial charge in [0.1, 0.15) is 0 Å². The molecule has 1 heterocycles. The maximum Gasteiger partial charge on any atom is 0.224 e. The fraction of sp³-hybridized carbons (Fsp3) is 0.318. The maximum absolute atomic E-state index is 12.4. The predicted molar refractivity (Wildman–Crippen MR) is 107 cm³/mol. The minimum atomic E-state index is 0.00842. The van der Waals surface area contributed by atoms with Gasteiger partial charge in [-0.3, -0.25) is 9.69 Å². The van der Waals surface area contributed by atoms with Gasteiger partial charge in [0.25, 0.3) is 0 Å². The van der Waals surface area contributed by atoms with E-state index in [0.717, 1.165) is 31.0 Å². The van der Waals surface area contributed by atoms with Crippen LogP contribution in [0.2, 0.25) is 5.02 Å². The van der Waals surface area contributed by atoms with Crippen LogP contribution < -0.4 is 5.32 Å². The van der Waals surface area contributed by atoms with Crippen LogP contribution >= 0.6 is 11.6 Å². The third-order valence-electron chi connectivity index (χ3n) is 4.93. The van der Waals surface area contributed by atoms with Crippen molar-refractivity contribution in [3.05, 3.63) is 83.4 Å². The van der Waals surface area contributed by atoms with Crippen LogP contribution in [0.4, 0.5) is 0 Å². The molecule has 2 atom stereocenters. The number of halogens is 1. The lowest BCUT2D eigenvalue weighted by molar-refractivity contribution is -0.127. The first-order valence-electron chi connectivity index (χ1n) is 9.09. The molecule has 0 radical (unpaired) electrons. The highest BCUT2D eigenvalue weighted by Crippen LogP contribution is 2.34. The van der Waals surface area contributed by atoms with Crippen molar-refractivity contribution in [1.82, 2.24) is 10.2 Å². The number of amides is 1. The van der Waals surface area contributed by atoms with Crippen LogP contribution in [-0.2, 0) is 11.3 Å². The van der Waals surface area contributed by atoms with Gasteiger partial charge in [-0.25, -0.2) is 0 Å². The molecule has 1 amide bonds. The lowest BCUT2D eigenvalue weighted by Gasteiger charge is -2.39. The number of piperidine rings is 1. The molecule has 0 saturated carbocycles. The van der Waals surface area contributed by atoms with E-state index in [2.05, 4.69) is 47.1 Å². The Balaban J connectivity index is 1.79. The van der Waals surface area contributed by atoms with E-state index in [-0.39, 0.29) is 11.8 Å². The summed E-state index contributed by atoms with van der Waals surface area (Å²) in [6.07, 6.45) is 3.59. The van der Waals surface area contributed by atoms with Gasteiger partial charge in [-0.05, 0) is 36.1 Å². The number of benzene rings is 2. The minimum absolute atomic E-state index is 0.00842. The summed E-state index contributed by atoms with van der Waals surface area (Å²) >= 11 is 6.16. The number of carbonyl (C=O) groups excluding carboxylic acids is 1. The molecule has 0 spiro atoms. The molecule has 0 unspecified atom stereocenters. The van der Waals surface area contributed by atoms with Gasteiger partial charge < -0.3 is 5.32 Å². The highest BCUT2D eigenvalue weighted by molar-refractivity contribution is 6.30. The van der Waals surface area contributed by atoms with Crippen LogP contribution in [0.5, 0.6) is 0 Å². The largest absolute Gasteiger partial charge is 0.352 e. The second kappa shape index (κ2) is 9.02. The van der Waals surface area contributed by atoms with E-state index >= 15 is 0 Å². The molecule has 26 heavy (non-hydrogen) atoms. The number of nitrogens with one attached hydrogen (secondary N) is 1. The van der Waals surface area contributed by atoms with Crippen LogP contribution in [-0.4, -0.2) is 23.9 Å². The molecule has 0 bridgehead atoms. The van der Waals surface area contributed by atoms with Crippen molar-refractivity contribution >= 4 is 17.5 Å². The standard InChI is InChI=1S/C22H25ClN2O/c1-2-13-24-22(26)19-11-12-21(18-8-4-3-5-9-18)25(16-19)15-17-7-6-10-20(23)14-17/h2-10,14,19,21H,1,11-13,15-16H2,(H,24,26)/t19-,21-/m1/s1. The van der Waals surface area contributed by atoms with Crippen LogP contribution in [0, 0.1) is 5.92 Å². The van der Waals surface area contributed by atoms with Gasteiger partial charge in [0.2, 0.25) is 5.91 Å². The first-order valence-corrected chi connectivity index (χ1v) is 9.47. The van der Waals surface area contributed by atoms with Gasteiger partial charge in [0.15, 0.2) is 0 Å². The molecule has 1 N–H and O–H groups in total. The molecule has 1 aliphatic heterocycles. The first kappa shape index (κ1) is 18.7. The maximum atomic E-state index is 12.4. The number of rotatable bonds is 6. The van der Waals surface area contributed by atoms with E-state index in [0.29, 0.717) is 12.6 Å². The zero-order valence-corrected chi connectivity index (χ0v) is 15.7. The Labute approximate surface area is 160 Å². The molecular formula is C22H25ClN2O. The summed E-state index contributed by atoms with van der Waals surface area (Å²) in [5.74, 6) is 0.126. The van der Waals surface area contributed by atoms with Crippen molar-refractivity contribution in [3.63, 3.8) is 0 Å². The molecule has 2 aromatic carbocycles. The molecule has 1 aliphatic rings. The molecule has 3 rings (SSSR count). The van der Waals surface area contributed by atoms with E-state index < -0.39 is 0 Å². The lowest BCUT2D eigenvalue weighted by atomic mass is 9.88. The van der Waals surface area contributed by atoms with E-state index in [1.165, 1.54) is 11.1 Å². The van der Waals surface area contributed by atoms with Crippen LogP contribution in [0.25, 0.3) is 0 Å². The van der Waals surface area contributed by atoms with Gasteiger partial charge in [-0.1, -0.05) is 60.1 Å². The lowest BCUT2D eigenvalue weighted by Crippen LogP contribution is -2.44. The van der Waals surface area contributed by atoms with E-state index in [1.54, 1.807) is 6.08 Å². The van der Waals surface area contributed by atoms with Crippen molar-refractivity contribution in [2.45, 2.75) is 25.4 Å². The second-order valence-corrected chi connectivity index (χ2v) is 7.23. The fourth-order valence-electron chi connectivity index (χ4n) is 3.67. The van der Waals surface area contributed by atoms with E-state index in [9.17, 15) is 4.79 Å². The summed E-state index contributed by atoms with van der Waals surface area (Å²) < 4.78 is 0. The van der Waals surface area contributed by atoms with Crippen molar-refractivity contribution in [2.24, 2.45) is 5.92 Å². The Morgan fingerprint density at radius 2 is 2.00 bits per heavy atom. The third kappa shape index (κ3) is 4.75. The molecule has 3 nitrogen and oxygen atoms in total. The fourth-order valence-corrected chi connectivity index (χ4v) is 3.88. The molecule has 136 valence electrons. The number of hydrogen-bond donors (Lipinski definition) is 1. The van der Waals surface area contributed by atoms with Gasteiger partial charge >= 0.3 is 0 Å². The number of hydrogen-bond acceptors (Lipinski definition) is 2. The van der Waals surface area contributed by atoms with E-state index in [4.69, 9.17) is 11.6 Å². The molecule has 0 aromatic heterocycles. The molecular weight excluding hydrogens is 344 g/mol. The Bertz CT molecular complexity index is 747. The molecule has 1 saturated heterocycles. The Hall–Kier alpha value is -2.10. The van der Waals surface area contributed by atoms with Crippen molar-refractivity contribution in [3.8, 4) is 0 Å². The average Bonchev–Trinajstić information content (AvgIpc) is 2.67. The van der Waals surface area contributed by atoms with Gasteiger partial charge in [0.05, 0.1) is 5.92 Å². The molecule has 2 aromatic rings. The minimum Gasteiger partial charge on any atom is -0.352 e. The average molecular weight is 369 g/mol. The van der Waals surface area contributed by atoms with Crippen molar-refractivity contribution in [2.75, 3.05) is 13.1 Å². The van der Waals surface area contributed by atoms with Crippen molar-refractivity contribution in [1.29, 1.82) is 0 Å². The van der Waals surface area contributed by atoms with Gasteiger partial charge in [0, 0.05) is 30.7 Å². The smallest absolute Gasteiger partial charge is 0.224 e. The zero-order valence-electron chi connectivity index (χ0n) is 14.9. The SMILES string of the molecule is C=CCNC(=O)[C@@H]1CC[C@H](c2ccccc2)N(Cc2cccc(Cl)c2)C1. The summed E-state index contributed by atoms with van der Waals surface area (Å²) in [5, 5.41) is 3.69.